The van der Waals surface area contributed by atoms with Crippen LogP contribution in [0.5, 0.6) is 0 Å². The Bertz CT molecular complexity index is 567. The van der Waals surface area contributed by atoms with Gasteiger partial charge >= 0.3 is 0 Å². The molecule has 112 valence electrons. The third-order valence-electron chi connectivity index (χ3n) is 3.29. The molecule has 2 aromatic rings. The number of anilines is 1. The number of nitrogens with two attached hydrogens (primary N) is 1. The third kappa shape index (κ3) is 5.00. The van der Waals surface area contributed by atoms with Gasteiger partial charge < -0.3 is 11.1 Å². The molecule has 21 heavy (non-hydrogen) atoms. The van der Waals surface area contributed by atoms with Gasteiger partial charge in [0, 0.05) is 12.1 Å². The second-order valence-electron chi connectivity index (χ2n) is 5.22. The number of benzene rings is 1. The van der Waals surface area contributed by atoms with Crippen LogP contribution in [0.3, 0.4) is 0 Å². The van der Waals surface area contributed by atoms with Gasteiger partial charge in [-0.3, -0.25) is 4.79 Å². The van der Waals surface area contributed by atoms with Crippen molar-refractivity contribution >= 4 is 11.6 Å². The summed E-state index contributed by atoms with van der Waals surface area (Å²) in [5.74, 6) is 0.391. The maximum Gasteiger partial charge on any atom is 0.224 e. The lowest BCUT2D eigenvalue weighted by atomic mass is 10.1. The summed E-state index contributed by atoms with van der Waals surface area (Å²) in [5, 5.41) is 6.98. The minimum absolute atomic E-state index is 0.0215. The number of hydrogen-bond acceptors (Lipinski definition) is 4. The van der Waals surface area contributed by atoms with Crippen molar-refractivity contribution in [1.82, 2.24) is 14.8 Å². The van der Waals surface area contributed by atoms with Gasteiger partial charge in [-0.1, -0.05) is 19.1 Å². The van der Waals surface area contributed by atoms with E-state index in [0.717, 1.165) is 17.7 Å². The van der Waals surface area contributed by atoms with Crippen LogP contribution in [-0.2, 0) is 11.3 Å². The molecule has 1 unspecified atom stereocenters. The zero-order valence-corrected chi connectivity index (χ0v) is 12.2. The number of aromatic nitrogens is 3. The van der Waals surface area contributed by atoms with Gasteiger partial charge in [-0.05, 0) is 36.6 Å². The van der Waals surface area contributed by atoms with E-state index in [4.69, 9.17) is 5.73 Å². The number of carbonyl (C=O) groups is 1. The first-order valence-electron chi connectivity index (χ1n) is 7.08. The third-order valence-corrected chi connectivity index (χ3v) is 3.29. The van der Waals surface area contributed by atoms with Gasteiger partial charge in [-0.15, -0.1) is 0 Å². The van der Waals surface area contributed by atoms with Crippen LogP contribution in [0.25, 0.3) is 0 Å². The molecule has 0 saturated carbocycles. The van der Waals surface area contributed by atoms with Crippen LogP contribution in [0.1, 0.15) is 25.3 Å². The van der Waals surface area contributed by atoms with Crippen molar-refractivity contribution in [2.75, 3.05) is 11.9 Å². The average Bonchev–Trinajstić information content (AvgIpc) is 2.98. The average molecular weight is 287 g/mol. The zero-order valence-electron chi connectivity index (χ0n) is 12.2. The van der Waals surface area contributed by atoms with Crippen molar-refractivity contribution in [3.8, 4) is 0 Å². The van der Waals surface area contributed by atoms with Crippen molar-refractivity contribution in [2.24, 2.45) is 11.7 Å². The fourth-order valence-corrected chi connectivity index (χ4v) is 1.97. The predicted octanol–water partition coefficient (Wildman–Crippen LogP) is 1.64. The van der Waals surface area contributed by atoms with Gasteiger partial charge in [0.15, 0.2) is 0 Å². The summed E-state index contributed by atoms with van der Waals surface area (Å²) in [6.07, 6.45) is 4.47. The fourth-order valence-electron chi connectivity index (χ4n) is 1.97. The minimum Gasteiger partial charge on any atom is -0.330 e. The fraction of sp³-hybridized carbons (Fsp3) is 0.400. The second kappa shape index (κ2) is 7.54. The number of nitrogens with zero attached hydrogens (tertiary/aromatic N) is 3. The number of nitrogens with one attached hydrogen (secondary N) is 1. The van der Waals surface area contributed by atoms with Gasteiger partial charge in [0.25, 0.3) is 0 Å². The largest absolute Gasteiger partial charge is 0.330 e. The first kappa shape index (κ1) is 15.2. The molecule has 0 radical (unpaired) electrons. The summed E-state index contributed by atoms with van der Waals surface area (Å²) in [7, 11) is 0. The molecule has 1 aromatic heterocycles. The highest BCUT2D eigenvalue weighted by atomic mass is 16.1. The summed E-state index contributed by atoms with van der Waals surface area (Å²) in [4.78, 5) is 15.8. The van der Waals surface area contributed by atoms with Crippen molar-refractivity contribution in [3.63, 3.8) is 0 Å². The lowest BCUT2D eigenvalue weighted by molar-refractivity contribution is -0.116. The molecular formula is C15H21N5O. The van der Waals surface area contributed by atoms with Crippen LogP contribution < -0.4 is 11.1 Å². The summed E-state index contributed by atoms with van der Waals surface area (Å²) < 4.78 is 1.74. The van der Waals surface area contributed by atoms with Gasteiger partial charge in [0.2, 0.25) is 5.91 Å². The Hall–Kier alpha value is -2.21. The van der Waals surface area contributed by atoms with Crippen molar-refractivity contribution in [2.45, 2.75) is 26.3 Å². The van der Waals surface area contributed by atoms with E-state index in [1.165, 1.54) is 6.33 Å². The Morgan fingerprint density at radius 1 is 1.48 bits per heavy atom. The molecule has 0 spiro atoms. The first-order valence-corrected chi connectivity index (χ1v) is 7.08. The number of carbonyl (C=O) groups excluding carboxylic acids is 1. The zero-order chi connectivity index (χ0) is 15.1. The molecule has 0 aliphatic carbocycles. The molecule has 1 heterocycles. The van der Waals surface area contributed by atoms with Crippen LogP contribution in [0, 0.1) is 5.92 Å². The molecule has 0 fully saturated rings. The van der Waals surface area contributed by atoms with E-state index in [0.29, 0.717) is 25.4 Å². The smallest absolute Gasteiger partial charge is 0.224 e. The maximum atomic E-state index is 11.9. The normalized spacial score (nSPS) is 12.1. The highest BCUT2D eigenvalue weighted by Gasteiger charge is 2.06. The number of hydrogen-bond donors (Lipinski definition) is 2. The van der Waals surface area contributed by atoms with Gasteiger partial charge in [0.1, 0.15) is 12.7 Å². The molecular weight excluding hydrogens is 266 g/mol. The molecule has 6 nitrogen and oxygen atoms in total. The maximum absolute atomic E-state index is 11.9. The Labute approximate surface area is 124 Å². The van der Waals surface area contributed by atoms with Crippen molar-refractivity contribution in [3.05, 3.63) is 42.5 Å². The van der Waals surface area contributed by atoms with Crippen LogP contribution in [0.15, 0.2) is 36.9 Å². The quantitative estimate of drug-likeness (QED) is 0.810. The van der Waals surface area contributed by atoms with Crippen LogP contribution in [0.4, 0.5) is 5.69 Å². The van der Waals surface area contributed by atoms with E-state index >= 15 is 0 Å². The highest BCUT2D eigenvalue weighted by Crippen LogP contribution is 2.13. The van der Waals surface area contributed by atoms with E-state index in [1.54, 1.807) is 11.0 Å². The molecule has 0 bridgehead atoms. The van der Waals surface area contributed by atoms with Gasteiger partial charge in [-0.25, -0.2) is 9.67 Å². The van der Waals surface area contributed by atoms with Gasteiger partial charge in [-0.2, -0.15) is 5.10 Å². The lowest BCUT2D eigenvalue weighted by Gasteiger charge is -2.10. The van der Waals surface area contributed by atoms with E-state index in [2.05, 4.69) is 15.4 Å². The van der Waals surface area contributed by atoms with E-state index in [1.807, 2.05) is 31.2 Å². The standard InChI is InChI=1S/C15H21N5O/c1-12(8-16)5-6-15(21)19-14-4-2-3-13(7-14)9-20-11-17-10-18-20/h2-4,7,10-12H,5-6,8-9,16H2,1H3,(H,19,21). The summed E-state index contributed by atoms with van der Waals surface area (Å²) in [5.41, 5.74) is 7.42. The van der Waals surface area contributed by atoms with Crippen molar-refractivity contribution in [1.29, 1.82) is 0 Å². The van der Waals surface area contributed by atoms with Gasteiger partial charge in [0.05, 0.1) is 6.54 Å². The molecule has 6 heteroatoms. The van der Waals surface area contributed by atoms with Crippen LogP contribution >= 0.6 is 0 Å². The molecule has 1 aromatic carbocycles. The van der Waals surface area contributed by atoms with E-state index < -0.39 is 0 Å². The molecule has 0 saturated heterocycles. The predicted molar refractivity (Wildman–Crippen MR) is 81.6 cm³/mol. The Kier molecular flexibility index (Phi) is 5.45. The lowest BCUT2D eigenvalue weighted by Crippen LogP contribution is -2.16. The Morgan fingerprint density at radius 2 is 2.33 bits per heavy atom. The number of rotatable bonds is 7. The van der Waals surface area contributed by atoms with E-state index in [9.17, 15) is 4.79 Å². The Balaban J connectivity index is 1.90. The minimum atomic E-state index is 0.0215. The molecule has 0 aliphatic rings. The summed E-state index contributed by atoms with van der Waals surface area (Å²) in [6.45, 7) is 3.29. The summed E-state index contributed by atoms with van der Waals surface area (Å²) in [6, 6.07) is 7.75. The SMILES string of the molecule is CC(CN)CCC(=O)Nc1cccc(Cn2cncn2)c1. The molecule has 1 amide bonds. The topological polar surface area (TPSA) is 85.8 Å². The molecule has 3 N–H and O–H groups in total. The van der Waals surface area contributed by atoms with Crippen LogP contribution in [-0.4, -0.2) is 27.2 Å². The second-order valence-corrected chi connectivity index (χ2v) is 5.22. The first-order chi connectivity index (χ1) is 10.2. The summed E-state index contributed by atoms with van der Waals surface area (Å²) >= 11 is 0. The van der Waals surface area contributed by atoms with E-state index in [-0.39, 0.29) is 5.91 Å². The highest BCUT2D eigenvalue weighted by molar-refractivity contribution is 5.90. The molecule has 2 rings (SSSR count). The molecule has 0 aliphatic heterocycles. The molecule has 1 atom stereocenters. The Morgan fingerprint density at radius 3 is 3.05 bits per heavy atom. The van der Waals surface area contributed by atoms with Crippen molar-refractivity contribution < 1.29 is 4.79 Å². The monoisotopic (exact) mass is 287 g/mol. The van der Waals surface area contributed by atoms with Crippen LogP contribution in [0.2, 0.25) is 0 Å². The number of amides is 1.